The molecule has 0 aromatic heterocycles. The predicted molar refractivity (Wildman–Crippen MR) is 116 cm³/mol. The summed E-state index contributed by atoms with van der Waals surface area (Å²) in [5, 5.41) is 11.2. The zero-order valence-corrected chi connectivity index (χ0v) is 17.3. The van der Waals surface area contributed by atoms with Crippen LogP contribution in [0.25, 0.3) is 0 Å². The number of benzene rings is 2. The minimum atomic E-state index is -1.27. The maximum absolute atomic E-state index is 13.1. The van der Waals surface area contributed by atoms with Crippen molar-refractivity contribution in [3.63, 3.8) is 0 Å². The summed E-state index contributed by atoms with van der Waals surface area (Å²) >= 11 is 0. The van der Waals surface area contributed by atoms with Crippen LogP contribution in [0.4, 0.5) is 5.69 Å². The van der Waals surface area contributed by atoms with Gasteiger partial charge in [0.2, 0.25) is 0 Å². The van der Waals surface area contributed by atoms with Gasteiger partial charge in [0, 0.05) is 51.5 Å². The fourth-order valence-electron chi connectivity index (χ4n) is 4.57. The standard InChI is InChI=1S/C24H31N3O2/c1-20-7-5-8-21(17-20)18-27-12-6-11-24(29,23(27)28)19-25-13-15-26(16-14-25)22-9-3-2-4-10-22/h2-5,7-10,17,29H,6,11-16,18-19H2,1H3/t24-/m0/s1. The summed E-state index contributed by atoms with van der Waals surface area (Å²) in [5.41, 5.74) is 2.29. The summed E-state index contributed by atoms with van der Waals surface area (Å²) in [7, 11) is 0. The van der Waals surface area contributed by atoms with Gasteiger partial charge in [-0.15, -0.1) is 0 Å². The Morgan fingerprint density at radius 2 is 1.72 bits per heavy atom. The lowest BCUT2D eigenvalue weighted by Crippen LogP contribution is -2.60. The average molecular weight is 394 g/mol. The molecule has 2 aromatic carbocycles. The van der Waals surface area contributed by atoms with Gasteiger partial charge in [0.05, 0.1) is 0 Å². The number of piperidine rings is 1. The van der Waals surface area contributed by atoms with E-state index in [0.29, 0.717) is 19.5 Å². The lowest BCUT2D eigenvalue weighted by atomic mass is 9.90. The molecule has 29 heavy (non-hydrogen) atoms. The van der Waals surface area contributed by atoms with Crippen LogP contribution in [0.5, 0.6) is 0 Å². The lowest BCUT2D eigenvalue weighted by molar-refractivity contribution is -0.160. The number of piperazine rings is 1. The third-order valence-corrected chi connectivity index (χ3v) is 6.14. The zero-order chi connectivity index (χ0) is 20.3. The SMILES string of the molecule is Cc1cccc(CN2CCC[C@](O)(CN3CCN(c4ccccc4)CC3)C2=O)c1. The van der Waals surface area contributed by atoms with Gasteiger partial charge in [-0.2, -0.15) is 0 Å². The van der Waals surface area contributed by atoms with Gasteiger partial charge >= 0.3 is 0 Å². The average Bonchev–Trinajstić information content (AvgIpc) is 2.73. The first kappa shape index (κ1) is 19.9. The smallest absolute Gasteiger partial charge is 0.256 e. The number of aryl methyl sites for hydroxylation is 1. The lowest BCUT2D eigenvalue weighted by Gasteiger charge is -2.43. The van der Waals surface area contributed by atoms with E-state index in [1.807, 2.05) is 17.0 Å². The number of hydrogen-bond acceptors (Lipinski definition) is 4. The number of carbonyl (C=O) groups excluding carboxylic acids is 1. The fraction of sp³-hybridized carbons (Fsp3) is 0.458. The number of amides is 1. The molecule has 5 nitrogen and oxygen atoms in total. The van der Waals surface area contributed by atoms with Crippen molar-refractivity contribution in [2.75, 3.05) is 44.2 Å². The van der Waals surface area contributed by atoms with Gasteiger partial charge in [-0.1, -0.05) is 48.0 Å². The van der Waals surface area contributed by atoms with Crippen molar-refractivity contribution < 1.29 is 9.90 Å². The molecule has 0 bridgehead atoms. The largest absolute Gasteiger partial charge is 0.379 e. The molecule has 5 heteroatoms. The molecule has 0 unspecified atom stereocenters. The van der Waals surface area contributed by atoms with E-state index in [1.54, 1.807) is 0 Å². The van der Waals surface area contributed by atoms with Crippen LogP contribution in [0, 0.1) is 6.92 Å². The second kappa shape index (κ2) is 8.56. The Labute approximate surface area is 173 Å². The molecule has 2 aliphatic rings. The van der Waals surface area contributed by atoms with E-state index >= 15 is 0 Å². The van der Waals surface area contributed by atoms with E-state index in [-0.39, 0.29) is 5.91 Å². The van der Waals surface area contributed by atoms with Gasteiger partial charge in [0.15, 0.2) is 5.60 Å². The van der Waals surface area contributed by atoms with Gasteiger partial charge in [0.25, 0.3) is 5.91 Å². The van der Waals surface area contributed by atoms with E-state index in [4.69, 9.17) is 0 Å². The molecule has 0 spiro atoms. The van der Waals surface area contributed by atoms with Crippen LogP contribution in [-0.2, 0) is 11.3 Å². The molecule has 0 aliphatic carbocycles. The van der Waals surface area contributed by atoms with Crippen molar-refractivity contribution in [3.05, 3.63) is 65.7 Å². The van der Waals surface area contributed by atoms with Gasteiger partial charge in [-0.05, 0) is 37.5 Å². The summed E-state index contributed by atoms with van der Waals surface area (Å²) in [4.78, 5) is 19.6. The highest BCUT2D eigenvalue weighted by molar-refractivity contribution is 5.86. The number of carbonyl (C=O) groups is 1. The van der Waals surface area contributed by atoms with Crippen LogP contribution in [0.2, 0.25) is 0 Å². The van der Waals surface area contributed by atoms with Crippen LogP contribution in [0.3, 0.4) is 0 Å². The Bertz CT molecular complexity index is 833. The maximum Gasteiger partial charge on any atom is 0.256 e. The molecule has 4 rings (SSSR count). The molecule has 0 saturated carbocycles. The van der Waals surface area contributed by atoms with Crippen LogP contribution in [-0.4, -0.2) is 65.7 Å². The molecule has 2 saturated heterocycles. The van der Waals surface area contributed by atoms with Gasteiger partial charge < -0.3 is 14.9 Å². The minimum Gasteiger partial charge on any atom is -0.379 e. The zero-order valence-electron chi connectivity index (χ0n) is 17.3. The monoisotopic (exact) mass is 393 g/mol. The summed E-state index contributed by atoms with van der Waals surface area (Å²) in [6.45, 7) is 7.35. The molecule has 1 N–H and O–H groups in total. The number of anilines is 1. The van der Waals surface area contributed by atoms with Crippen LogP contribution in [0.1, 0.15) is 24.0 Å². The minimum absolute atomic E-state index is 0.115. The number of hydrogen-bond donors (Lipinski definition) is 1. The van der Waals surface area contributed by atoms with Crippen molar-refractivity contribution in [1.82, 2.24) is 9.80 Å². The molecule has 154 valence electrons. The second-order valence-corrected chi connectivity index (χ2v) is 8.45. The van der Waals surface area contributed by atoms with Crippen molar-refractivity contribution in [2.24, 2.45) is 0 Å². The van der Waals surface area contributed by atoms with E-state index in [1.165, 1.54) is 11.3 Å². The molecular weight excluding hydrogens is 362 g/mol. The highest BCUT2D eigenvalue weighted by Gasteiger charge is 2.43. The Balaban J connectivity index is 1.36. The quantitative estimate of drug-likeness (QED) is 0.849. The Morgan fingerprint density at radius 1 is 0.966 bits per heavy atom. The van der Waals surface area contributed by atoms with Crippen LogP contribution < -0.4 is 4.90 Å². The van der Waals surface area contributed by atoms with Gasteiger partial charge in [-0.25, -0.2) is 0 Å². The second-order valence-electron chi connectivity index (χ2n) is 8.45. The van der Waals surface area contributed by atoms with Crippen LogP contribution in [0.15, 0.2) is 54.6 Å². The van der Waals surface area contributed by atoms with Crippen molar-refractivity contribution in [3.8, 4) is 0 Å². The first-order valence-electron chi connectivity index (χ1n) is 10.6. The molecule has 1 amide bonds. The highest BCUT2D eigenvalue weighted by Crippen LogP contribution is 2.26. The summed E-state index contributed by atoms with van der Waals surface area (Å²) in [5.74, 6) is -0.115. The highest BCUT2D eigenvalue weighted by atomic mass is 16.3. The number of para-hydroxylation sites is 1. The van der Waals surface area contributed by atoms with E-state index in [9.17, 15) is 9.90 Å². The molecule has 2 fully saturated rings. The predicted octanol–water partition coefficient (Wildman–Crippen LogP) is 2.67. The third-order valence-electron chi connectivity index (χ3n) is 6.14. The fourth-order valence-corrected chi connectivity index (χ4v) is 4.57. The topological polar surface area (TPSA) is 47.0 Å². The molecule has 2 aliphatic heterocycles. The van der Waals surface area contributed by atoms with E-state index < -0.39 is 5.60 Å². The Hall–Kier alpha value is -2.37. The maximum atomic E-state index is 13.1. The van der Waals surface area contributed by atoms with Gasteiger partial charge in [0.1, 0.15) is 0 Å². The summed E-state index contributed by atoms with van der Waals surface area (Å²) in [6, 6.07) is 18.7. The molecular formula is C24H31N3O2. The van der Waals surface area contributed by atoms with Crippen molar-refractivity contribution >= 4 is 11.6 Å². The summed E-state index contributed by atoms with van der Waals surface area (Å²) in [6.07, 6.45) is 1.40. The number of nitrogens with zero attached hydrogens (tertiary/aromatic N) is 3. The number of β-amino-alcohol motifs (C(OH)–C–C–N with tert-alkyl or cyclic N) is 1. The molecule has 0 radical (unpaired) electrons. The normalized spacial score (nSPS) is 23.4. The molecule has 2 aromatic rings. The number of aliphatic hydroxyl groups is 1. The first-order valence-corrected chi connectivity index (χ1v) is 10.6. The molecule has 2 heterocycles. The van der Waals surface area contributed by atoms with Crippen molar-refractivity contribution in [1.29, 1.82) is 0 Å². The van der Waals surface area contributed by atoms with E-state index in [2.05, 4.69) is 59.2 Å². The first-order chi connectivity index (χ1) is 14.0. The number of rotatable bonds is 5. The Kier molecular flexibility index (Phi) is 5.88. The van der Waals surface area contributed by atoms with Gasteiger partial charge in [-0.3, -0.25) is 9.69 Å². The van der Waals surface area contributed by atoms with Crippen molar-refractivity contribution in [2.45, 2.75) is 31.9 Å². The van der Waals surface area contributed by atoms with E-state index in [0.717, 1.165) is 44.7 Å². The number of likely N-dealkylation sites (tertiary alicyclic amines) is 1. The Morgan fingerprint density at radius 3 is 2.45 bits per heavy atom. The molecule has 1 atom stereocenters. The third kappa shape index (κ3) is 4.62. The summed E-state index contributed by atoms with van der Waals surface area (Å²) < 4.78 is 0. The van der Waals surface area contributed by atoms with Crippen LogP contribution >= 0.6 is 0 Å².